The molecular weight excluding hydrogens is 544 g/mol. The first-order chi connectivity index (χ1) is 18.5. The predicted octanol–water partition coefficient (Wildman–Crippen LogP) is 5.57. The van der Waals surface area contributed by atoms with E-state index in [4.69, 9.17) is 4.98 Å². The van der Waals surface area contributed by atoms with Gasteiger partial charge in [-0.15, -0.1) is 0 Å². The van der Waals surface area contributed by atoms with Crippen LogP contribution in [0.15, 0.2) is 41.0 Å². The summed E-state index contributed by atoms with van der Waals surface area (Å²) in [4.78, 5) is 17.5. The van der Waals surface area contributed by atoms with Gasteiger partial charge in [-0.05, 0) is 103 Å². The number of unbranched alkanes of at least 4 members (excludes halogenated alkanes) is 1. The third-order valence-corrected chi connectivity index (χ3v) is 10.2. The topological polar surface area (TPSA) is 104 Å². The second-order valence-corrected chi connectivity index (χ2v) is 12.8. The molecule has 4 unspecified atom stereocenters. The highest BCUT2D eigenvalue weighted by Gasteiger charge is 2.67. The molecule has 4 fully saturated rings. The van der Waals surface area contributed by atoms with Crippen molar-refractivity contribution < 1.29 is 9.90 Å². The van der Waals surface area contributed by atoms with Gasteiger partial charge >= 0.3 is 6.03 Å². The van der Waals surface area contributed by atoms with Gasteiger partial charge in [-0.2, -0.15) is 9.61 Å². The summed E-state index contributed by atoms with van der Waals surface area (Å²) in [6.45, 7) is 1.40. The Morgan fingerprint density at radius 3 is 2.92 bits per heavy atom. The Labute approximate surface area is 231 Å². The van der Waals surface area contributed by atoms with Crippen LogP contribution in [0.4, 0.5) is 10.6 Å². The second-order valence-electron chi connectivity index (χ2n) is 11.9. The van der Waals surface area contributed by atoms with Crippen molar-refractivity contribution in [3.8, 4) is 17.0 Å². The van der Waals surface area contributed by atoms with E-state index in [9.17, 15) is 9.90 Å². The van der Waals surface area contributed by atoms with Gasteiger partial charge < -0.3 is 21.1 Å². The summed E-state index contributed by atoms with van der Waals surface area (Å²) in [5, 5.41) is 24.8. The minimum Gasteiger partial charge on any atom is -0.507 e. The van der Waals surface area contributed by atoms with Crippen LogP contribution in [0.25, 0.3) is 16.9 Å². The predicted molar refractivity (Wildman–Crippen MR) is 150 cm³/mol. The van der Waals surface area contributed by atoms with Crippen molar-refractivity contribution in [2.24, 2.45) is 29.6 Å². The summed E-state index contributed by atoms with van der Waals surface area (Å²) in [6, 6.07) is 9.13. The number of aromatic nitrogens is 3. The fourth-order valence-electron chi connectivity index (χ4n) is 7.58. The lowest BCUT2D eigenvalue weighted by Gasteiger charge is -2.34. The Morgan fingerprint density at radius 1 is 1.16 bits per heavy atom. The molecule has 2 bridgehead atoms. The van der Waals surface area contributed by atoms with Crippen LogP contribution in [-0.2, 0) is 0 Å². The number of amides is 2. The Balaban J connectivity index is 0.922. The van der Waals surface area contributed by atoms with E-state index in [1.165, 1.54) is 38.5 Å². The molecule has 2 amide bonds. The number of nitrogens with zero attached hydrogens (tertiary/aromatic N) is 3. The normalized spacial score (nSPS) is 30.6. The fraction of sp³-hybridized carbons (Fsp3) is 0.552. The molecule has 2 heterocycles. The molecule has 0 spiro atoms. The van der Waals surface area contributed by atoms with E-state index in [0.29, 0.717) is 29.4 Å². The highest BCUT2D eigenvalue weighted by atomic mass is 79.9. The van der Waals surface area contributed by atoms with Gasteiger partial charge in [0.15, 0.2) is 5.65 Å². The second kappa shape index (κ2) is 9.43. The van der Waals surface area contributed by atoms with Gasteiger partial charge in [-0.25, -0.2) is 9.78 Å². The molecule has 1 aromatic carbocycles. The molecule has 6 atom stereocenters. The molecule has 7 rings (SSSR count). The van der Waals surface area contributed by atoms with Crippen molar-refractivity contribution in [2.75, 3.05) is 18.4 Å². The zero-order chi connectivity index (χ0) is 25.9. The smallest absolute Gasteiger partial charge is 0.315 e. The SMILES string of the molecule is O=C(NCCCCNc1cc(-c2ccccc2O)nc2c(Br)cnn12)NC12CC1CC[C@@H]1CC2C2C[C@H]2C1. The molecule has 4 aliphatic rings. The van der Waals surface area contributed by atoms with Gasteiger partial charge in [0.2, 0.25) is 0 Å². The first kappa shape index (κ1) is 24.2. The Morgan fingerprint density at radius 2 is 2.03 bits per heavy atom. The number of para-hydroxylation sites is 1. The molecule has 2 aromatic heterocycles. The van der Waals surface area contributed by atoms with Gasteiger partial charge in [0, 0.05) is 30.3 Å². The largest absolute Gasteiger partial charge is 0.507 e. The average Bonchev–Trinajstić information content (AvgIpc) is 3.80. The maximum Gasteiger partial charge on any atom is 0.315 e. The molecule has 9 heteroatoms. The number of phenols is 1. The molecule has 0 saturated heterocycles. The first-order valence-electron chi connectivity index (χ1n) is 14.1. The fourth-order valence-corrected chi connectivity index (χ4v) is 7.93. The number of phenolic OH excluding ortho intramolecular Hbond substituents is 1. The van der Waals surface area contributed by atoms with Crippen LogP contribution in [0.5, 0.6) is 5.75 Å². The molecule has 3 aromatic rings. The zero-order valence-corrected chi connectivity index (χ0v) is 23.1. The van der Waals surface area contributed by atoms with Crippen molar-refractivity contribution in [3.63, 3.8) is 0 Å². The number of fused-ring (bicyclic) bond motifs is 7. The summed E-state index contributed by atoms with van der Waals surface area (Å²) in [7, 11) is 0. The van der Waals surface area contributed by atoms with E-state index >= 15 is 0 Å². The summed E-state index contributed by atoms with van der Waals surface area (Å²) in [5.74, 6) is 5.15. The maximum absolute atomic E-state index is 12.9. The highest BCUT2D eigenvalue weighted by molar-refractivity contribution is 9.10. The lowest BCUT2D eigenvalue weighted by Crippen LogP contribution is -2.50. The summed E-state index contributed by atoms with van der Waals surface area (Å²) in [6.07, 6.45) is 11.6. The molecule has 0 radical (unpaired) electrons. The molecule has 4 N–H and O–H groups in total. The van der Waals surface area contributed by atoms with Crippen LogP contribution in [-0.4, -0.2) is 44.4 Å². The summed E-state index contributed by atoms with van der Waals surface area (Å²) < 4.78 is 2.55. The summed E-state index contributed by atoms with van der Waals surface area (Å²) >= 11 is 3.53. The number of urea groups is 1. The van der Waals surface area contributed by atoms with Crippen molar-refractivity contribution >= 4 is 33.4 Å². The van der Waals surface area contributed by atoms with E-state index in [-0.39, 0.29) is 17.3 Å². The minimum absolute atomic E-state index is 0.0197. The van der Waals surface area contributed by atoms with Gasteiger partial charge in [0.25, 0.3) is 0 Å². The highest BCUT2D eigenvalue weighted by Crippen LogP contribution is 2.67. The minimum atomic E-state index is 0.0197. The third kappa shape index (κ3) is 4.32. The number of halogens is 1. The van der Waals surface area contributed by atoms with Crippen molar-refractivity contribution in [3.05, 3.63) is 41.0 Å². The lowest BCUT2D eigenvalue weighted by atomic mass is 9.76. The standard InChI is InChI=1S/C29H35BrN6O2/c30-23-16-33-36-26(14-24(34-27(23)36)20-5-1-2-6-25(20)37)31-9-3-4-10-32-28(38)35-29-15-19(29)8-7-17-11-18-13-21(18)22(29)12-17/h1-2,5-6,14,16-19,21-22,31,37H,3-4,7-13,15H2,(H2,32,35,38)/t17-,18+,19?,21?,22?,29?/m0/s1. The van der Waals surface area contributed by atoms with Gasteiger partial charge in [0.1, 0.15) is 11.6 Å². The van der Waals surface area contributed by atoms with E-state index < -0.39 is 0 Å². The van der Waals surface area contributed by atoms with E-state index in [2.05, 4.69) is 37.0 Å². The monoisotopic (exact) mass is 578 g/mol. The van der Waals surface area contributed by atoms with Crippen LogP contribution in [0.3, 0.4) is 0 Å². The van der Waals surface area contributed by atoms with Crippen LogP contribution in [0.1, 0.15) is 51.4 Å². The van der Waals surface area contributed by atoms with E-state index in [1.54, 1.807) is 22.8 Å². The molecular formula is C29H35BrN6O2. The number of carbonyl (C=O) groups is 1. The van der Waals surface area contributed by atoms with Gasteiger partial charge in [-0.3, -0.25) is 0 Å². The maximum atomic E-state index is 12.9. The van der Waals surface area contributed by atoms with Gasteiger partial charge in [-0.1, -0.05) is 18.6 Å². The van der Waals surface area contributed by atoms with Crippen molar-refractivity contribution in [1.82, 2.24) is 25.2 Å². The first-order valence-corrected chi connectivity index (χ1v) is 14.9. The van der Waals surface area contributed by atoms with Crippen LogP contribution in [0, 0.1) is 29.6 Å². The van der Waals surface area contributed by atoms with E-state index in [0.717, 1.165) is 53.3 Å². The molecule has 0 aliphatic heterocycles. The number of rotatable bonds is 8. The van der Waals surface area contributed by atoms with Crippen LogP contribution in [0.2, 0.25) is 0 Å². The summed E-state index contributed by atoms with van der Waals surface area (Å²) in [5.41, 5.74) is 2.13. The number of carbonyl (C=O) groups excluding carboxylic acids is 1. The molecule has 38 heavy (non-hydrogen) atoms. The lowest BCUT2D eigenvalue weighted by molar-refractivity contribution is 0.186. The van der Waals surface area contributed by atoms with Crippen LogP contribution >= 0.6 is 15.9 Å². The van der Waals surface area contributed by atoms with Crippen molar-refractivity contribution in [2.45, 2.75) is 56.9 Å². The molecule has 4 saturated carbocycles. The Bertz CT molecular complexity index is 1380. The number of benzene rings is 1. The zero-order valence-electron chi connectivity index (χ0n) is 21.5. The molecule has 4 aliphatic carbocycles. The van der Waals surface area contributed by atoms with Crippen molar-refractivity contribution in [1.29, 1.82) is 0 Å². The number of hydrogen-bond acceptors (Lipinski definition) is 5. The number of aromatic hydroxyl groups is 1. The van der Waals surface area contributed by atoms with Gasteiger partial charge in [0.05, 0.1) is 16.4 Å². The third-order valence-electron chi connectivity index (χ3n) is 9.61. The quantitative estimate of drug-likeness (QED) is 0.262. The van der Waals surface area contributed by atoms with Crippen LogP contribution < -0.4 is 16.0 Å². The molecule has 200 valence electrons. The average molecular weight is 580 g/mol. The van der Waals surface area contributed by atoms with E-state index in [1.807, 2.05) is 18.2 Å². The Kier molecular flexibility index (Phi) is 6.02. The number of anilines is 1. The Hall–Kier alpha value is -2.81. The molecule has 8 nitrogen and oxygen atoms in total. The number of hydrogen-bond donors (Lipinski definition) is 4. The number of nitrogens with one attached hydrogen (secondary N) is 3.